The van der Waals surface area contributed by atoms with Crippen molar-refractivity contribution in [1.82, 2.24) is 19.9 Å². The lowest BCUT2D eigenvalue weighted by Gasteiger charge is -2.42. The molecule has 1 N–H and O–H groups in total. The predicted molar refractivity (Wildman–Crippen MR) is 94.3 cm³/mol. The summed E-state index contributed by atoms with van der Waals surface area (Å²) in [6.07, 6.45) is 8.94. The molecule has 3 heterocycles. The first-order chi connectivity index (χ1) is 12.6. The third-order valence-corrected chi connectivity index (χ3v) is 5.64. The minimum Gasteiger partial charge on any atom is -0.393 e. The summed E-state index contributed by atoms with van der Waals surface area (Å²) >= 11 is 0. The van der Waals surface area contributed by atoms with Gasteiger partial charge < -0.3 is 14.7 Å². The van der Waals surface area contributed by atoms with E-state index in [0.717, 1.165) is 24.8 Å². The number of carbonyl (C=O) groups is 1. The number of aromatic nitrogens is 3. The highest BCUT2D eigenvalue weighted by molar-refractivity contribution is 5.94. The zero-order valence-electron chi connectivity index (χ0n) is 14.7. The third-order valence-electron chi connectivity index (χ3n) is 5.64. The van der Waals surface area contributed by atoms with Crippen molar-refractivity contribution in [3.05, 3.63) is 42.5 Å². The van der Waals surface area contributed by atoms with Gasteiger partial charge in [-0.25, -0.2) is 9.97 Å². The lowest BCUT2D eigenvalue weighted by molar-refractivity contribution is -0.0824. The van der Waals surface area contributed by atoms with Gasteiger partial charge in [0.2, 0.25) is 0 Å². The number of methoxy groups -OCH3 is 1. The lowest BCUT2D eigenvalue weighted by atomic mass is 9.79. The highest BCUT2D eigenvalue weighted by Gasteiger charge is 2.52. The highest BCUT2D eigenvalue weighted by Crippen LogP contribution is 2.42. The van der Waals surface area contributed by atoms with Gasteiger partial charge in [-0.05, 0) is 37.8 Å². The molecule has 0 radical (unpaired) electrons. The van der Waals surface area contributed by atoms with Crippen LogP contribution in [0.5, 0.6) is 0 Å². The number of hydrogen-bond acceptors (Lipinski definition) is 6. The van der Waals surface area contributed by atoms with Crippen molar-refractivity contribution < 1.29 is 14.6 Å². The number of amides is 1. The van der Waals surface area contributed by atoms with Crippen molar-refractivity contribution in [2.75, 3.05) is 13.7 Å². The van der Waals surface area contributed by atoms with Gasteiger partial charge in [0.15, 0.2) is 5.82 Å². The van der Waals surface area contributed by atoms with Crippen molar-refractivity contribution in [2.45, 2.75) is 43.4 Å². The summed E-state index contributed by atoms with van der Waals surface area (Å²) in [7, 11) is 1.70. The molecule has 0 aromatic carbocycles. The Kier molecular flexibility index (Phi) is 4.42. The Balaban J connectivity index is 1.56. The van der Waals surface area contributed by atoms with E-state index in [0.29, 0.717) is 24.4 Å². The lowest BCUT2D eigenvalue weighted by Crippen LogP contribution is -2.52. The summed E-state index contributed by atoms with van der Waals surface area (Å²) in [5.74, 6) is 0.427. The molecule has 0 bridgehead atoms. The number of fused-ring (bicyclic) bond motifs is 1. The van der Waals surface area contributed by atoms with Crippen molar-refractivity contribution in [3.8, 4) is 11.4 Å². The topological polar surface area (TPSA) is 88.4 Å². The van der Waals surface area contributed by atoms with Gasteiger partial charge in [0.1, 0.15) is 0 Å². The molecule has 1 amide bonds. The minimum atomic E-state index is -0.388. The van der Waals surface area contributed by atoms with E-state index in [-0.39, 0.29) is 23.7 Å². The number of pyridine rings is 1. The molecule has 2 aliphatic rings. The fraction of sp³-hybridized carbons (Fsp3) is 0.474. The molecule has 2 aromatic heterocycles. The average molecular weight is 354 g/mol. The van der Waals surface area contributed by atoms with E-state index in [9.17, 15) is 9.90 Å². The quantitative estimate of drug-likeness (QED) is 0.902. The largest absolute Gasteiger partial charge is 0.393 e. The van der Waals surface area contributed by atoms with Crippen LogP contribution in [0, 0.1) is 0 Å². The summed E-state index contributed by atoms with van der Waals surface area (Å²) < 4.78 is 5.80. The maximum Gasteiger partial charge on any atom is 0.257 e. The molecule has 0 spiro atoms. The molecule has 3 atom stereocenters. The van der Waals surface area contributed by atoms with E-state index in [1.54, 1.807) is 31.9 Å². The second-order valence-electron chi connectivity index (χ2n) is 7.00. The van der Waals surface area contributed by atoms with Gasteiger partial charge in [-0.3, -0.25) is 9.78 Å². The maximum absolute atomic E-state index is 13.0. The Labute approximate surface area is 152 Å². The number of carbonyl (C=O) groups excluding carboxylic acids is 1. The molecule has 1 saturated carbocycles. The maximum atomic E-state index is 13.0. The second-order valence-corrected chi connectivity index (χ2v) is 7.00. The summed E-state index contributed by atoms with van der Waals surface area (Å²) in [5, 5.41) is 10.1. The van der Waals surface area contributed by atoms with Crippen LogP contribution in [0.3, 0.4) is 0 Å². The molecule has 7 heteroatoms. The molecule has 1 saturated heterocycles. The fourth-order valence-corrected chi connectivity index (χ4v) is 4.17. The first kappa shape index (κ1) is 17.1. The summed E-state index contributed by atoms with van der Waals surface area (Å²) in [6.45, 7) is 0.619. The Morgan fingerprint density at radius 1 is 1.31 bits per heavy atom. The summed E-state index contributed by atoms with van der Waals surface area (Å²) in [4.78, 5) is 27.5. The molecule has 1 aliphatic carbocycles. The van der Waals surface area contributed by atoms with Crippen molar-refractivity contribution in [1.29, 1.82) is 0 Å². The standard InChI is InChI=1S/C19H22N4O3/c1-26-19-5-4-15(24)9-16(19)23(8-6-19)18(25)14-11-21-17(22-12-14)13-3-2-7-20-10-13/h2-3,7,10-12,15-16,24H,4-6,8-9H2,1H3/t15-,16+,19-/m1/s1. The molecule has 26 heavy (non-hydrogen) atoms. The van der Waals surface area contributed by atoms with Crippen LogP contribution in [0.1, 0.15) is 36.0 Å². The molecule has 4 rings (SSSR count). The third kappa shape index (κ3) is 2.87. The van der Waals surface area contributed by atoms with Gasteiger partial charge in [0.25, 0.3) is 5.91 Å². The molecular weight excluding hydrogens is 332 g/mol. The molecule has 2 fully saturated rings. The molecule has 1 aliphatic heterocycles. The van der Waals surface area contributed by atoms with E-state index < -0.39 is 0 Å². The number of likely N-dealkylation sites (tertiary alicyclic amines) is 1. The van der Waals surface area contributed by atoms with Crippen molar-refractivity contribution >= 4 is 5.91 Å². The van der Waals surface area contributed by atoms with Gasteiger partial charge in [0.05, 0.1) is 23.3 Å². The van der Waals surface area contributed by atoms with Crippen LogP contribution in [-0.2, 0) is 4.74 Å². The zero-order chi connectivity index (χ0) is 18.1. The van der Waals surface area contributed by atoms with E-state index in [1.807, 2.05) is 17.0 Å². The van der Waals surface area contributed by atoms with Gasteiger partial charge in [-0.2, -0.15) is 0 Å². The Morgan fingerprint density at radius 2 is 2.12 bits per heavy atom. The van der Waals surface area contributed by atoms with Gasteiger partial charge in [0, 0.05) is 44.0 Å². The predicted octanol–water partition coefficient (Wildman–Crippen LogP) is 1.68. The van der Waals surface area contributed by atoms with Gasteiger partial charge >= 0.3 is 0 Å². The van der Waals surface area contributed by atoms with Crippen LogP contribution in [0.15, 0.2) is 36.9 Å². The normalized spacial score (nSPS) is 28.0. The first-order valence-electron chi connectivity index (χ1n) is 8.89. The summed E-state index contributed by atoms with van der Waals surface area (Å²) in [6, 6.07) is 3.59. The number of rotatable bonds is 3. The average Bonchev–Trinajstić information content (AvgIpc) is 3.07. The van der Waals surface area contributed by atoms with E-state index in [4.69, 9.17) is 4.74 Å². The first-order valence-corrected chi connectivity index (χ1v) is 8.89. The molecule has 7 nitrogen and oxygen atoms in total. The van der Waals surface area contributed by atoms with Crippen LogP contribution < -0.4 is 0 Å². The van der Waals surface area contributed by atoms with Crippen LogP contribution in [0.25, 0.3) is 11.4 Å². The molecule has 136 valence electrons. The van der Waals surface area contributed by atoms with Crippen molar-refractivity contribution in [2.24, 2.45) is 0 Å². The van der Waals surface area contributed by atoms with Crippen LogP contribution in [0.4, 0.5) is 0 Å². The Morgan fingerprint density at radius 3 is 2.81 bits per heavy atom. The SMILES string of the molecule is CO[C@@]12CC[C@@H](O)C[C@@H]1N(C(=O)c1cnc(-c3cccnc3)nc1)CC2. The number of ether oxygens (including phenoxy) is 1. The smallest absolute Gasteiger partial charge is 0.257 e. The van der Waals surface area contributed by atoms with E-state index in [2.05, 4.69) is 15.0 Å². The number of aliphatic hydroxyl groups excluding tert-OH is 1. The van der Waals surface area contributed by atoms with E-state index in [1.165, 1.54) is 0 Å². The van der Waals surface area contributed by atoms with Crippen LogP contribution in [0.2, 0.25) is 0 Å². The fourth-order valence-electron chi connectivity index (χ4n) is 4.17. The number of aliphatic hydroxyl groups is 1. The van der Waals surface area contributed by atoms with Crippen molar-refractivity contribution in [3.63, 3.8) is 0 Å². The van der Waals surface area contributed by atoms with Crippen LogP contribution >= 0.6 is 0 Å². The highest BCUT2D eigenvalue weighted by atomic mass is 16.5. The monoisotopic (exact) mass is 354 g/mol. The number of hydrogen-bond donors (Lipinski definition) is 1. The van der Waals surface area contributed by atoms with E-state index >= 15 is 0 Å². The van der Waals surface area contributed by atoms with Gasteiger partial charge in [-0.1, -0.05) is 0 Å². The zero-order valence-corrected chi connectivity index (χ0v) is 14.7. The second kappa shape index (κ2) is 6.74. The summed E-state index contributed by atoms with van der Waals surface area (Å²) in [5.41, 5.74) is 0.914. The van der Waals surface area contributed by atoms with Gasteiger partial charge in [-0.15, -0.1) is 0 Å². The Hall–Kier alpha value is -2.38. The number of nitrogens with zero attached hydrogens (tertiary/aromatic N) is 4. The Bertz CT molecular complexity index is 783. The molecular formula is C19H22N4O3. The van der Waals surface area contributed by atoms with Crippen LogP contribution in [-0.4, -0.2) is 62.3 Å². The molecule has 2 aromatic rings. The minimum absolute atomic E-state index is 0.109. The molecule has 0 unspecified atom stereocenters.